The Morgan fingerprint density at radius 3 is 2.84 bits per heavy atom. The molecule has 1 unspecified atom stereocenters. The summed E-state index contributed by atoms with van der Waals surface area (Å²) in [4.78, 5) is 33.8. The van der Waals surface area contributed by atoms with Crippen molar-refractivity contribution in [3.8, 4) is 11.9 Å². The lowest BCUT2D eigenvalue weighted by Gasteiger charge is -2.48. The first-order chi connectivity index (χ1) is 20.5. The summed E-state index contributed by atoms with van der Waals surface area (Å²) in [6.45, 7) is 14.7. The van der Waals surface area contributed by atoms with Gasteiger partial charge in [-0.25, -0.2) is 9.18 Å². The minimum absolute atomic E-state index is 0.0319. The van der Waals surface area contributed by atoms with Gasteiger partial charge in [-0.1, -0.05) is 37.1 Å². The van der Waals surface area contributed by atoms with Crippen LogP contribution >= 0.6 is 11.6 Å². The van der Waals surface area contributed by atoms with E-state index in [0.717, 1.165) is 51.6 Å². The fraction of sp³-hybridized carbons (Fsp3) is 0.677. The van der Waals surface area contributed by atoms with E-state index in [9.17, 15) is 4.79 Å². The van der Waals surface area contributed by atoms with Gasteiger partial charge in [0, 0.05) is 13.1 Å². The molecule has 0 N–H and O–H groups in total. The third-order valence-corrected chi connectivity index (χ3v) is 9.93. The van der Waals surface area contributed by atoms with Crippen LogP contribution in [-0.2, 0) is 4.74 Å². The van der Waals surface area contributed by atoms with Gasteiger partial charge in [0.25, 0.3) is 0 Å². The summed E-state index contributed by atoms with van der Waals surface area (Å²) in [5.74, 6) is -0.00423. The number of pyridine rings is 1. The summed E-state index contributed by atoms with van der Waals surface area (Å²) < 4.78 is 34.5. The first kappa shape index (κ1) is 28.8. The summed E-state index contributed by atoms with van der Waals surface area (Å²) in [6.07, 6.45) is 5.48. The number of rotatable bonds is 5. The van der Waals surface area contributed by atoms with Gasteiger partial charge in [-0.2, -0.15) is 15.0 Å². The molecule has 0 aromatic carbocycles. The predicted molar refractivity (Wildman–Crippen MR) is 160 cm³/mol. The molecule has 7 heterocycles. The lowest BCUT2D eigenvalue weighted by atomic mass is 9.94. The van der Waals surface area contributed by atoms with Crippen molar-refractivity contribution < 1.29 is 23.4 Å². The Morgan fingerprint density at radius 1 is 1.26 bits per heavy atom. The molecule has 0 aliphatic carbocycles. The Morgan fingerprint density at radius 2 is 2.07 bits per heavy atom. The van der Waals surface area contributed by atoms with Crippen molar-refractivity contribution in [2.24, 2.45) is 0 Å². The first-order valence-corrected chi connectivity index (χ1v) is 15.9. The third-order valence-electron chi connectivity index (χ3n) is 9.68. The van der Waals surface area contributed by atoms with E-state index in [1.807, 2.05) is 25.7 Å². The van der Waals surface area contributed by atoms with Gasteiger partial charge in [0.15, 0.2) is 11.0 Å². The molecule has 0 saturated carbocycles. The van der Waals surface area contributed by atoms with Crippen LogP contribution in [0.2, 0.25) is 5.15 Å². The van der Waals surface area contributed by atoms with Crippen LogP contribution in [-0.4, -0.2) is 92.5 Å². The fourth-order valence-electron chi connectivity index (χ4n) is 8.07. The number of anilines is 1. The van der Waals surface area contributed by atoms with Gasteiger partial charge in [0.1, 0.15) is 35.0 Å². The molecule has 232 valence electrons. The fourth-order valence-corrected chi connectivity index (χ4v) is 8.23. The molecule has 43 heavy (non-hydrogen) atoms. The SMILES string of the molecule is C=C1CN2CCCC2(COc2nc3c4c(nc(Cl)c(F)c4n2)O[C@@H](CCC)[C@@H]2[C@@H]4CC[C@H](CN32)N4C(=O)OC(C)(C)C)C1. The molecular weight excluding hydrogens is 575 g/mol. The smallest absolute Gasteiger partial charge is 0.410 e. The number of nitrogens with zero attached hydrogens (tertiary/aromatic N) is 6. The van der Waals surface area contributed by atoms with Crippen molar-refractivity contribution in [2.45, 2.75) is 108 Å². The average Bonchev–Trinajstić information content (AvgIpc) is 3.54. The molecule has 2 bridgehead atoms. The van der Waals surface area contributed by atoms with Crippen molar-refractivity contribution in [1.29, 1.82) is 0 Å². The molecule has 2 aromatic heterocycles. The summed E-state index contributed by atoms with van der Waals surface area (Å²) in [7, 11) is 0. The largest absolute Gasteiger partial charge is 0.471 e. The number of carbonyl (C=O) groups excluding carboxylic acids is 1. The Bertz CT molecular complexity index is 1480. The van der Waals surface area contributed by atoms with Crippen LogP contribution in [0.3, 0.4) is 0 Å². The van der Waals surface area contributed by atoms with Crippen LogP contribution in [0.4, 0.5) is 15.0 Å². The summed E-state index contributed by atoms with van der Waals surface area (Å²) >= 11 is 6.32. The number of hydrogen-bond acceptors (Lipinski definition) is 9. The van der Waals surface area contributed by atoms with Crippen LogP contribution in [0.5, 0.6) is 11.9 Å². The molecule has 10 nitrogen and oxygen atoms in total. The van der Waals surface area contributed by atoms with Crippen molar-refractivity contribution in [2.75, 3.05) is 31.1 Å². The minimum atomic E-state index is -0.728. The highest BCUT2D eigenvalue weighted by Gasteiger charge is 2.54. The van der Waals surface area contributed by atoms with E-state index >= 15 is 4.39 Å². The van der Waals surface area contributed by atoms with E-state index in [1.54, 1.807) is 0 Å². The number of halogens is 2. The maximum absolute atomic E-state index is 15.7. The molecule has 5 aliphatic heterocycles. The van der Waals surface area contributed by atoms with E-state index in [1.165, 1.54) is 5.57 Å². The van der Waals surface area contributed by atoms with Gasteiger partial charge in [0.2, 0.25) is 5.88 Å². The molecule has 7 rings (SSSR count). The Balaban J connectivity index is 1.31. The average molecular weight is 615 g/mol. The molecule has 4 saturated heterocycles. The van der Waals surface area contributed by atoms with Crippen LogP contribution < -0.4 is 14.4 Å². The van der Waals surface area contributed by atoms with Gasteiger partial charge in [-0.15, -0.1) is 0 Å². The monoisotopic (exact) mass is 614 g/mol. The molecule has 1 amide bonds. The van der Waals surface area contributed by atoms with Crippen molar-refractivity contribution in [1.82, 2.24) is 24.8 Å². The van der Waals surface area contributed by atoms with Gasteiger partial charge in [0.05, 0.1) is 23.7 Å². The third kappa shape index (κ3) is 4.77. The van der Waals surface area contributed by atoms with E-state index < -0.39 is 11.4 Å². The second-order valence-electron chi connectivity index (χ2n) is 13.8. The molecule has 0 spiro atoms. The highest BCUT2D eigenvalue weighted by molar-refractivity contribution is 6.30. The number of ether oxygens (including phenoxy) is 3. The van der Waals surface area contributed by atoms with Gasteiger partial charge >= 0.3 is 12.1 Å². The second-order valence-corrected chi connectivity index (χ2v) is 14.2. The molecule has 2 aromatic rings. The second kappa shape index (κ2) is 10.3. The number of aromatic nitrogens is 3. The van der Waals surface area contributed by atoms with E-state index in [0.29, 0.717) is 30.8 Å². The number of hydrogen-bond donors (Lipinski definition) is 0. The van der Waals surface area contributed by atoms with Gasteiger partial charge < -0.3 is 19.1 Å². The zero-order valence-corrected chi connectivity index (χ0v) is 26.1. The van der Waals surface area contributed by atoms with Gasteiger partial charge in [-0.3, -0.25) is 9.80 Å². The summed E-state index contributed by atoms with van der Waals surface area (Å²) in [5.41, 5.74) is 0.474. The van der Waals surface area contributed by atoms with Crippen molar-refractivity contribution in [3.63, 3.8) is 0 Å². The number of fused-ring (bicyclic) bond motifs is 6. The summed E-state index contributed by atoms with van der Waals surface area (Å²) in [6, 6.07) is -0.419. The minimum Gasteiger partial charge on any atom is -0.471 e. The van der Waals surface area contributed by atoms with E-state index in [2.05, 4.69) is 33.3 Å². The van der Waals surface area contributed by atoms with E-state index in [-0.39, 0.29) is 58.4 Å². The predicted octanol–water partition coefficient (Wildman–Crippen LogP) is 5.51. The Kier molecular flexibility index (Phi) is 6.92. The highest BCUT2D eigenvalue weighted by atomic mass is 35.5. The Labute approximate surface area is 256 Å². The first-order valence-electron chi connectivity index (χ1n) is 15.5. The number of carbonyl (C=O) groups is 1. The molecular formula is C31H40ClFN6O4. The van der Waals surface area contributed by atoms with Crippen LogP contribution in [0, 0.1) is 5.82 Å². The molecule has 5 aliphatic rings. The maximum atomic E-state index is 15.7. The molecule has 12 heteroatoms. The van der Waals surface area contributed by atoms with Crippen molar-refractivity contribution in [3.05, 3.63) is 23.1 Å². The van der Waals surface area contributed by atoms with Crippen LogP contribution in [0.25, 0.3) is 10.9 Å². The molecule has 0 radical (unpaired) electrons. The lowest BCUT2D eigenvalue weighted by molar-refractivity contribution is -0.000973. The van der Waals surface area contributed by atoms with Gasteiger partial charge in [-0.05, 0) is 65.8 Å². The zero-order chi connectivity index (χ0) is 30.3. The number of piperazine rings is 1. The maximum Gasteiger partial charge on any atom is 0.410 e. The molecule has 4 fully saturated rings. The lowest BCUT2D eigenvalue weighted by Crippen LogP contribution is -2.65. The van der Waals surface area contributed by atoms with Crippen LogP contribution in [0.15, 0.2) is 12.2 Å². The Hall–Kier alpha value is -2.92. The highest BCUT2D eigenvalue weighted by Crippen LogP contribution is 2.47. The summed E-state index contributed by atoms with van der Waals surface area (Å²) in [5, 5.41) is 0.0793. The van der Waals surface area contributed by atoms with E-state index in [4.69, 9.17) is 30.8 Å². The normalized spacial score (nSPS) is 29.9. The standard InChI is InChI=1S/C31H40ClFN6O4/c1-6-8-20-24-19-10-9-18(39(19)29(40)43-30(3,4)5)15-38(24)26-21-23(22(33)25(32)35-27(21)42-20)34-28(36-26)41-16-31-11-7-12-37(31)14-17(2)13-31/h18-20,24H,2,6-16H2,1,3-5H3/t18-,19+,20+,24+,31?/m1/s1. The topological polar surface area (TPSA) is 93.2 Å². The quantitative estimate of drug-likeness (QED) is 0.319. The zero-order valence-electron chi connectivity index (χ0n) is 25.4. The number of amides is 1. The molecule has 5 atom stereocenters. The van der Waals surface area contributed by atoms with Crippen molar-refractivity contribution >= 4 is 34.4 Å². The van der Waals surface area contributed by atoms with Crippen LogP contribution in [0.1, 0.15) is 72.6 Å².